The van der Waals surface area contributed by atoms with E-state index in [-0.39, 0.29) is 6.04 Å². The Morgan fingerprint density at radius 3 is 2.94 bits per heavy atom. The molecule has 2 aromatic heterocycles. The minimum atomic E-state index is 0.288. The number of hydrazine groups is 1. The lowest BCUT2D eigenvalue weighted by atomic mass is 10.1. The summed E-state index contributed by atoms with van der Waals surface area (Å²) in [5, 5.41) is 3.29. The van der Waals surface area contributed by atoms with Crippen LogP contribution in [0.15, 0.2) is 35.2 Å². The minimum Gasteiger partial charge on any atom is -0.469 e. The highest BCUT2D eigenvalue weighted by molar-refractivity contribution is 5.45. The second kappa shape index (κ2) is 6.02. The van der Waals surface area contributed by atoms with Crippen molar-refractivity contribution in [2.75, 3.05) is 10.7 Å². The van der Waals surface area contributed by atoms with Gasteiger partial charge in [-0.1, -0.05) is 0 Å². The van der Waals surface area contributed by atoms with Gasteiger partial charge in [0.05, 0.1) is 6.26 Å². The standard InChI is InChI=1S/C12H17N5O/c1-9(4-5-10-3-2-6-18-10)16-11-7-12(17-13)15-8-14-11/h2-3,6-9H,4-5,13H2,1H3,(H2,14,15,16,17). The second-order valence-electron chi connectivity index (χ2n) is 4.10. The van der Waals surface area contributed by atoms with Crippen LogP contribution in [0.25, 0.3) is 0 Å². The maximum Gasteiger partial charge on any atom is 0.145 e. The zero-order valence-corrected chi connectivity index (χ0v) is 10.3. The smallest absolute Gasteiger partial charge is 0.145 e. The molecule has 0 aliphatic rings. The molecule has 1 atom stereocenters. The molecule has 0 aromatic carbocycles. The van der Waals surface area contributed by atoms with Crippen molar-refractivity contribution in [2.45, 2.75) is 25.8 Å². The van der Waals surface area contributed by atoms with Gasteiger partial charge in [0.2, 0.25) is 0 Å². The summed E-state index contributed by atoms with van der Waals surface area (Å²) in [7, 11) is 0. The average Bonchev–Trinajstić information content (AvgIpc) is 2.90. The van der Waals surface area contributed by atoms with E-state index in [1.165, 1.54) is 6.33 Å². The molecule has 6 nitrogen and oxygen atoms in total. The van der Waals surface area contributed by atoms with Crippen molar-refractivity contribution in [2.24, 2.45) is 5.84 Å². The molecule has 0 amide bonds. The summed E-state index contributed by atoms with van der Waals surface area (Å²) >= 11 is 0. The quantitative estimate of drug-likeness (QED) is 0.532. The van der Waals surface area contributed by atoms with Crippen molar-refractivity contribution in [1.82, 2.24) is 9.97 Å². The van der Waals surface area contributed by atoms with Gasteiger partial charge in [-0.3, -0.25) is 0 Å². The predicted octanol–water partition coefficient (Wildman–Crippen LogP) is 1.79. The molecule has 96 valence electrons. The van der Waals surface area contributed by atoms with Crippen LogP contribution in [0.5, 0.6) is 0 Å². The Morgan fingerprint density at radius 2 is 2.22 bits per heavy atom. The molecule has 4 N–H and O–H groups in total. The number of nitrogens with two attached hydrogens (primary N) is 1. The molecule has 2 aromatic rings. The van der Waals surface area contributed by atoms with E-state index in [0.717, 1.165) is 24.4 Å². The molecule has 0 aliphatic heterocycles. The number of anilines is 2. The Hall–Kier alpha value is -2.08. The number of furan rings is 1. The maximum atomic E-state index is 5.29. The summed E-state index contributed by atoms with van der Waals surface area (Å²) in [6.45, 7) is 2.10. The summed E-state index contributed by atoms with van der Waals surface area (Å²) < 4.78 is 5.29. The van der Waals surface area contributed by atoms with E-state index >= 15 is 0 Å². The fourth-order valence-corrected chi connectivity index (χ4v) is 1.65. The van der Waals surface area contributed by atoms with Crippen LogP contribution in [0.3, 0.4) is 0 Å². The highest BCUT2D eigenvalue weighted by Crippen LogP contribution is 2.12. The lowest BCUT2D eigenvalue weighted by Crippen LogP contribution is -2.17. The number of hydrogen-bond donors (Lipinski definition) is 3. The molecule has 0 fully saturated rings. The first-order valence-electron chi connectivity index (χ1n) is 5.85. The largest absolute Gasteiger partial charge is 0.469 e. The molecule has 0 spiro atoms. The molecule has 18 heavy (non-hydrogen) atoms. The van der Waals surface area contributed by atoms with Crippen LogP contribution < -0.4 is 16.6 Å². The van der Waals surface area contributed by atoms with Crippen LogP contribution in [0.4, 0.5) is 11.6 Å². The summed E-state index contributed by atoms with van der Waals surface area (Å²) in [5.74, 6) is 7.63. The van der Waals surface area contributed by atoms with Crippen LogP contribution in [0, 0.1) is 0 Å². The predicted molar refractivity (Wildman–Crippen MR) is 70.0 cm³/mol. The fraction of sp³-hybridized carbons (Fsp3) is 0.333. The Morgan fingerprint density at radius 1 is 1.39 bits per heavy atom. The van der Waals surface area contributed by atoms with Crippen LogP contribution in [-0.4, -0.2) is 16.0 Å². The lowest BCUT2D eigenvalue weighted by Gasteiger charge is -2.13. The average molecular weight is 247 g/mol. The Bertz CT molecular complexity index is 471. The van der Waals surface area contributed by atoms with Crippen LogP contribution in [-0.2, 0) is 6.42 Å². The van der Waals surface area contributed by atoms with Crippen molar-refractivity contribution in [1.29, 1.82) is 0 Å². The van der Waals surface area contributed by atoms with Crippen molar-refractivity contribution in [3.63, 3.8) is 0 Å². The normalized spacial score (nSPS) is 12.1. The first kappa shape index (κ1) is 12.4. The number of aryl methyl sites for hydroxylation is 1. The number of nitrogens with one attached hydrogen (secondary N) is 2. The molecular formula is C12H17N5O. The highest BCUT2D eigenvalue weighted by atomic mass is 16.3. The number of nitrogens with zero attached hydrogens (tertiary/aromatic N) is 2. The third-order valence-electron chi connectivity index (χ3n) is 2.61. The van der Waals surface area contributed by atoms with Gasteiger partial charge >= 0.3 is 0 Å². The zero-order chi connectivity index (χ0) is 12.8. The minimum absolute atomic E-state index is 0.288. The van der Waals surface area contributed by atoms with E-state index in [0.29, 0.717) is 5.82 Å². The SMILES string of the molecule is CC(CCc1ccco1)Nc1cc(NN)ncn1. The molecule has 0 bridgehead atoms. The summed E-state index contributed by atoms with van der Waals surface area (Å²) in [5.41, 5.74) is 2.49. The van der Waals surface area contributed by atoms with Gasteiger partial charge in [-0.25, -0.2) is 15.8 Å². The lowest BCUT2D eigenvalue weighted by molar-refractivity contribution is 0.495. The highest BCUT2D eigenvalue weighted by Gasteiger charge is 2.05. The van der Waals surface area contributed by atoms with Crippen LogP contribution in [0.1, 0.15) is 19.1 Å². The van der Waals surface area contributed by atoms with Crippen LogP contribution >= 0.6 is 0 Å². The van der Waals surface area contributed by atoms with E-state index in [1.54, 1.807) is 12.3 Å². The molecule has 1 unspecified atom stereocenters. The Kier molecular flexibility index (Phi) is 4.14. The van der Waals surface area contributed by atoms with Crippen molar-refractivity contribution < 1.29 is 4.42 Å². The molecule has 2 rings (SSSR count). The van der Waals surface area contributed by atoms with E-state index in [1.807, 2.05) is 12.1 Å². The Labute approximate surface area is 106 Å². The Balaban J connectivity index is 1.84. The molecule has 2 heterocycles. The third-order valence-corrected chi connectivity index (χ3v) is 2.61. The molecular weight excluding hydrogens is 230 g/mol. The summed E-state index contributed by atoms with van der Waals surface area (Å²) in [4.78, 5) is 8.08. The van der Waals surface area contributed by atoms with Crippen molar-refractivity contribution in [3.8, 4) is 0 Å². The van der Waals surface area contributed by atoms with Gasteiger partial charge in [0.15, 0.2) is 0 Å². The van der Waals surface area contributed by atoms with Gasteiger partial charge < -0.3 is 15.2 Å². The van der Waals surface area contributed by atoms with Gasteiger partial charge in [0.1, 0.15) is 23.7 Å². The van der Waals surface area contributed by atoms with E-state index < -0.39 is 0 Å². The van der Waals surface area contributed by atoms with Gasteiger partial charge in [0.25, 0.3) is 0 Å². The van der Waals surface area contributed by atoms with Crippen molar-refractivity contribution >= 4 is 11.6 Å². The van der Waals surface area contributed by atoms with Gasteiger partial charge in [-0.15, -0.1) is 0 Å². The summed E-state index contributed by atoms with van der Waals surface area (Å²) in [6, 6.07) is 5.93. The van der Waals surface area contributed by atoms with Gasteiger partial charge in [0, 0.05) is 18.5 Å². The fourth-order valence-electron chi connectivity index (χ4n) is 1.65. The molecule has 0 radical (unpaired) electrons. The van der Waals surface area contributed by atoms with E-state index in [9.17, 15) is 0 Å². The first-order valence-corrected chi connectivity index (χ1v) is 5.85. The number of aromatic nitrogens is 2. The van der Waals surface area contributed by atoms with E-state index in [2.05, 4.69) is 27.6 Å². The zero-order valence-electron chi connectivity index (χ0n) is 10.3. The summed E-state index contributed by atoms with van der Waals surface area (Å²) in [6.07, 6.45) is 5.02. The first-order chi connectivity index (χ1) is 8.78. The number of hydrogen-bond acceptors (Lipinski definition) is 6. The molecule has 0 saturated carbocycles. The second-order valence-corrected chi connectivity index (χ2v) is 4.10. The van der Waals surface area contributed by atoms with Crippen LogP contribution in [0.2, 0.25) is 0 Å². The molecule has 0 aliphatic carbocycles. The monoisotopic (exact) mass is 247 g/mol. The number of rotatable bonds is 6. The topological polar surface area (TPSA) is 89.0 Å². The maximum absolute atomic E-state index is 5.29. The van der Waals surface area contributed by atoms with Gasteiger partial charge in [-0.2, -0.15) is 0 Å². The number of nitrogen functional groups attached to an aromatic ring is 1. The molecule has 6 heteroatoms. The molecule has 0 saturated heterocycles. The van der Waals surface area contributed by atoms with Gasteiger partial charge in [-0.05, 0) is 25.5 Å². The van der Waals surface area contributed by atoms with E-state index in [4.69, 9.17) is 10.3 Å². The third kappa shape index (κ3) is 3.46. The van der Waals surface area contributed by atoms with Crippen molar-refractivity contribution in [3.05, 3.63) is 36.5 Å².